The van der Waals surface area contributed by atoms with Gasteiger partial charge in [0.1, 0.15) is 11.6 Å². The van der Waals surface area contributed by atoms with Gasteiger partial charge in [-0.1, -0.05) is 6.07 Å². The summed E-state index contributed by atoms with van der Waals surface area (Å²) in [4.78, 5) is 37.3. The summed E-state index contributed by atoms with van der Waals surface area (Å²) in [6.07, 6.45) is -0.236. The van der Waals surface area contributed by atoms with E-state index in [4.69, 9.17) is 9.47 Å². The molecule has 136 valence electrons. The molecule has 0 spiro atoms. The minimum atomic E-state index is -0.737. The molecule has 1 heterocycles. The van der Waals surface area contributed by atoms with E-state index in [0.717, 1.165) is 11.1 Å². The van der Waals surface area contributed by atoms with Gasteiger partial charge in [0.05, 0.1) is 13.7 Å². The number of nitrogens with zero attached hydrogens (tertiary/aromatic N) is 1. The molecule has 0 aliphatic carbocycles. The van der Waals surface area contributed by atoms with Gasteiger partial charge in [0.15, 0.2) is 0 Å². The van der Waals surface area contributed by atoms with Crippen LogP contribution in [0.15, 0.2) is 18.2 Å². The van der Waals surface area contributed by atoms with Crippen molar-refractivity contribution in [3.8, 4) is 0 Å². The second-order valence-corrected chi connectivity index (χ2v) is 7.02. The zero-order valence-electron chi connectivity index (χ0n) is 15.2. The Morgan fingerprint density at radius 1 is 1.20 bits per heavy atom. The third-order valence-electron chi connectivity index (χ3n) is 3.76. The zero-order chi connectivity index (χ0) is 18.8. The molecule has 2 rings (SSSR count). The molecule has 1 aliphatic rings. The molecule has 0 aromatic heterocycles. The van der Waals surface area contributed by atoms with E-state index in [1.807, 2.05) is 12.1 Å². The number of anilines is 1. The topological polar surface area (TPSA) is 84.9 Å². The standard InChI is InChI=1S/C18H24N2O5/c1-11(21)19-14-7-6-12-9-15(16(22)24-5)20(10-13(12)8-14)17(23)25-18(2,3)4/h6-8,15H,9-10H2,1-5H3,(H,19,21)/t15-/m0/s1. The van der Waals surface area contributed by atoms with E-state index < -0.39 is 23.7 Å². The van der Waals surface area contributed by atoms with Crippen LogP contribution in [0.25, 0.3) is 0 Å². The van der Waals surface area contributed by atoms with Gasteiger partial charge in [-0.3, -0.25) is 9.69 Å². The quantitative estimate of drug-likeness (QED) is 0.830. The molecule has 1 atom stereocenters. The molecule has 0 saturated heterocycles. The Kier molecular flexibility index (Phi) is 5.35. The normalized spacial score (nSPS) is 16.7. The van der Waals surface area contributed by atoms with Crippen LogP contribution in [0.3, 0.4) is 0 Å². The fourth-order valence-electron chi connectivity index (χ4n) is 2.72. The highest BCUT2D eigenvalue weighted by atomic mass is 16.6. The third kappa shape index (κ3) is 4.71. The van der Waals surface area contributed by atoms with Crippen LogP contribution >= 0.6 is 0 Å². The molecule has 1 aromatic rings. The first-order valence-electron chi connectivity index (χ1n) is 8.07. The number of carbonyl (C=O) groups is 3. The highest BCUT2D eigenvalue weighted by Crippen LogP contribution is 2.28. The van der Waals surface area contributed by atoms with E-state index >= 15 is 0 Å². The average Bonchev–Trinajstić information content (AvgIpc) is 2.50. The molecule has 1 aromatic carbocycles. The lowest BCUT2D eigenvalue weighted by atomic mass is 9.93. The predicted octanol–water partition coefficient (Wildman–Crippen LogP) is 2.48. The molecule has 1 N–H and O–H groups in total. The van der Waals surface area contributed by atoms with E-state index in [9.17, 15) is 14.4 Å². The number of benzene rings is 1. The third-order valence-corrected chi connectivity index (χ3v) is 3.76. The number of hydrogen-bond donors (Lipinski definition) is 1. The van der Waals surface area contributed by atoms with Crippen molar-refractivity contribution in [2.24, 2.45) is 0 Å². The molecule has 0 fully saturated rings. The predicted molar refractivity (Wildman–Crippen MR) is 92.0 cm³/mol. The number of ether oxygens (including phenoxy) is 2. The lowest BCUT2D eigenvalue weighted by Gasteiger charge is -2.36. The summed E-state index contributed by atoms with van der Waals surface area (Å²) in [7, 11) is 1.30. The first-order chi connectivity index (χ1) is 11.6. The molecule has 1 aliphatic heterocycles. The summed E-state index contributed by atoms with van der Waals surface area (Å²) in [5, 5.41) is 2.72. The minimum Gasteiger partial charge on any atom is -0.467 e. The fourth-order valence-corrected chi connectivity index (χ4v) is 2.72. The van der Waals surface area contributed by atoms with E-state index in [2.05, 4.69) is 5.32 Å². The van der Waals surface area contributed by atoms with Crippen LogP contribution in [0, 0.1) is 0 Å². The number of rotatable bonds is 2. The smallest absolute Gasteiger partial charge is 0.411 e. The van der Waals surface area contributed by atoms with Gasteiger partial charge in [-0.05, 0) is 44.0 Å². The highest BCUT2D eigenvalue weighted by molar-refractivity contribution is 5.89. The summed E-state index contributed by atoms with van der Waals surface area (Å²) >= 11 is 0. The molecular formula is C18H24N2O5. The molecular weight excluding hydrogens is 324 g/mol. The summed E-state index contributed by atoms with van der Waals surface area (Å²) in [6, 6.07) is 4.70. The molecule has 0 radical (unpaired) electrons. The van der Waals surface area contributed by atoms with Crippen molar-refractivity contribution in [1.82, 2.24) is 4.90 Å². The van der Waals surface area contributed by atoms with Gasteiger partial charge in [0, 0.05) is 19.0 Å². The van der Waals surface area contributed by atoms with Crippen molar-refractivity contribution in [2.75, 3.05) is 12.4 Å². The van der Waals surface area contributed by atoms with Crippen molar-refractivity contribution in [3.63, 3.8) is 0 Å². The van der Waals surface area contributed by atoms with E-state index in [0.29, 0.717) is 12.1 Å². The first kappa shape index (κ1) is 18.8. The van der Waals surface area contributed by atoms with Crippen molar-refractivity contribution >= 4 is 23.7 Å². The van der Waals surface area contributed by atoms with Crippen LogP contribution < -0.4 is 5.32 Å². The largest absolute Gasteiger partial charge is 0.467 e. The highest BCUT2D eigenvalue weighted by Gasteiger charge is 2.37. The summed E-state index contributed by atoms with van der Waals surface area (Å²) < 4.78 is 10.3. The van der Waals surface area contributed by atoms with Crippen LogP contribution in [-0.4, -0.2) is 41.6 Å². The number of hydrogen-bond acceptors (Lipinski definition) is 5. The van der Waals surface area contributed by atoms with Crippen LogP contribution in [0.4, 0.5) is 10.5 Å². The van der Waals surface area contributed by atoms with Gasteiger partial charge in [0.25, 0.3) is 0 Å². The maximum atomic E-state index is 12.5. The fraction of sp³-hybridized carbons (Fsp3) is 0.500. The van der Waals surface area contributed by atoms with Gasteiger partial charge in [-0.25, -0.2) is 9.59 Å². The van der Waals surface area contributed by atoms with Gasteiger partial charge in [-0.15, -0.1) is 0 Å². The summed E-state index contributed by atoms with van der Waals surface area (Å²) in [5.41, 5.74) is 1.77. The SMILES string of the molecule is COC(=O)[C@@H]1Cc2ccc(NC(C)=O)cc2CN1C(=O)OC(C)(C)C. The molecule has 7 heteroatoms. The Hall–Kier alpha value is -2.57. The van der Waals surface area contributed by atoms with Crippen molar-refractivity contribution < 1.29 is 23.9 Å². The molecule has 0 saturated carbocycles. The van der Waals surface area contributed by atoms with Gasteiger partial charge >= 0.3 is 12.1 Å². The Morgan fingerprint density at radius 3 is 2.44 bits per heavy atom. The maximum absolute atomic E-state index is 12.5. The molecule has 7 nitrogen and oxygen atoms in total. The number of fused-ring (bicyclic) bond motifs is 1. The Balaban J connectivity index is 2.33. The van der Waals surface area contributed by atoms with E-state index in [1.54, 1.807) is 26.8 Å². The number of nitrogens with one attached hydrogen (secondary N) is 1. The van der Waals surface area contributed by atoms with Crippen LogP contribution in [0.2, 0.25) is 0 Å². The monoisotopic (exact) mass is 348 g/mol. The second-order valence-electron chi connectivity index (χ2n) is 7.02. The number of carbonyl (C=O) groups excluding carboxylic acids is 3. The second kappa shape index (κ2) is 7.13. The zero-order valence-corrected chi connectivity index (χ0v) is 15.2. The first-order valence-corrected chi connectivity index (χ1v) is 8.07. The summed E-state index contributed by atoms with van der Waals surface area (Å²) in [6.45, 7) is 6.94. The number of methoxy groups -OCH3 is 1. The van der Waals surface area contributed by atoms with Crippen molar-refractivity contribution in [3.05, 3.63) is 29.3 Å². The van der Waals surface area contributed by atoms with Gasteiger partial charge in [0.2, 0.25) is 5.91 Å². The van der Waals surface area contributed by atoms with Crippen molar-refractivity contribution in [2.45, 2.75) is 52.3 Å². The molecule has 2 amide bonds. The number of amides is 2. The van der Waals surface area contributed by atoms with Gasteiger partial charge in [-0.2, -0.15) is 0 Å². The lowest BCUT2D eigenvalue weighted by Crippen LogP contribution is -2.50. The van der Waals surface area contributed by atoms with Crippen LogP contribution in [0.1, 0.15) is 38.8 Å². The molecule has 0 bridgehead atoms. The molecule has 0 unspecified atom stereocenters. The van der Waals surface area contributed by atoms with E-state index in [1.165, 1.54) is 18.9 Å². The minimum absolute atomic E-state index is 0.174. The lowest BCUT2D eigenvalue weighted by molar-refractivity contribution is -0.147. The van der Waals surface area contributed by atoms with Gasteiger partial charge < -0.3 is 14.8 Å². The van der Waals surface area contributed by atoms with Crippen LogP contribution in [0.5, 0.6) is 0 Å². The Labute approximate surface area is 147 Å². The van der Waals surface area contributed by atoms with Crippen LogP contribution in [-0.2, 0) is 32.0 Å². The maximum Gasteiger partial charge on any atom is 0.411 e. The molecule has 25 heavy (non-hydrogen) atoms. The van der Waals surface area contributed by atoms with E-state index in [-0.39, 0.29) is 12.5 Å². The Morgan fingerprint density at radius 2 is 1.88 bits per heavy atom. The average molecular weight is 348 g/mol. The number of esters is 1. The Bertz CT molecular complexity index is 693. The summed E-state index contributed by atoms with van der Waals surface area (Å²) in [5.74, 6) is -0.658. The van der Waals surface area contributed by atoms with Crippen molar-refractivity contribution in [1.29, 1.82) is 0 Å².